The van der Waals surface area contributed by atoms with Crippen molar-refractivity contribution in [3.63, 3.8) is 0 Å². The fourth-order valence-corrected chi connectivity index (χ4v) is 1.84. The monoisotopic (exact) mass is 305 g/mol. The van der Waals surface area contributed by atoms with Crippen molar-refractivity contribution in [2.45, 2.75) is 18.4 Å². The maximum atomic E-state index is 12.0. The average Bonchev–Trinajstić information content (AvgIpc) is 3.24. The van der Waals surface area contributed by atoms with Gasteiger partial charge in [-0.15, -0.1) is 0 Å². The van der Waals surface area contributed by atoms with Crippen LogP contribution in [0.1, 0.15) is 23.2 Å². The molecule has 1 aliphatic rings. The van der Waals surface area contributed by atoms with Crippen molar-refractivity contribution in [3.8, 4) is 11.5 Å². The van der Waals surface area contributed by atoms with Crippen LogP contribution in [0.3, 0.4) is 0 Å². The van der Waals surface area contributed by atoms with Crippen molar-refractivity contribution in [2.75, 3.05) is 13.7 Å². The van der Waals surface area contributed by atoms with E-state index in [9.17, 15) is 15.0 Å². The van der Waals surface area contributed by atoms with Gasteiger partial charge in [-0.1, -0.05) is 0 Å². The van der Waals surface area contributed by atoms with Gasteiger partial charge in [0, 0.05) is 18.7 Å². The molecule has 0 saturated heterocycles. The van der Waals surface area contributed by atoms with Gasteiger partial charge in [0.25, 0.3) is 5.91 Å². The number of amidine groups is 1. The van der Waals surface area contributed by atoms with Crippen molar-refractivity contribution in [1.82, 2.24) is 5.32 Å². The Kier molecular flexibility index (Phi) is 4.67. The third-order valence-corrected chi connectivity index (χ3v) is 3.22. The first-order valence-electron chi connectivity index (χ1n) is 6.84. The summed E-state index contributed by atoms with van der Waals surface area (Å²) in [6.07, 6.45) is 4.47. The molecule has 0 spiro atoms. The van der Waals surface area contributed by atoms with E-state index in [1.807, 2.05) is 0 Å². The second kappa shape index (κ2) is 6.48. The molecule has 0 bridgehead atoms. The zero-order valence-corrected chi connectivity index (χ0v) is 12.2. The van der Waals surface area contributed by atoms with Gasteiger partial charge >= 0.3 is 0 Å². The summed E-state index contributed by atoms with van der Waals surface area (Å²) >= 11 is 0. The molecule has 1 saturated carbocycles. The molecular weight excluding hydrogens is 286 g/mol. The molecule has 0 aliphatic heterocycles. The highest BCUT2D eigenvalue weighted by Gasteiger charge is 2.45. The van der Waals surface area contributed by atoms with Crippen LogP contribution in [-0.2, 0) is 0 Å². The topological polar surface area (TPSA) is 117 Å². The predicted molar refractivity (Wildman–Crippen MR) is 81.9 cm³/mol. The van der Waals surface area contributed by atoms with Crippen LogP contribution in [0, 0.1) is 0 Å². The van der Waals surface area contributed by atoms with Crippen LogP contribution < -0.4 is 15.8 Å². The molecule has 5 N–H and O–H groups in total. The zero-order chi connectivity index (χ0) is 16.2. The summed E-state index contributed by atoms with van der Waals surface area (Å²) in [6.45, 7) is -0.105. The van der Waals surface area contributed by atoms with E-state index in [2.05, 4.69) is 10.3 Å². The number of hydrogen-bond acceptors (Lipinski definition) is 5. The number of aliphatic hydroxyl groups excluding tert-OH is 1. The minimum Gasteiger partial charge on any atom is -0.508 e. The average molecular weight is 305 g/mol. The number of phenolic OH excluding ortho intramolecular Hbond substituents is 1. The summed E-state index contributed by atoms with van der Waals surface area (Å²) in [5.41, 5.74) is 5.15. The number of aliphatic imine (C=N–C) groups is 1. The van der Waals surface area contributed by atoms with Gasteiger partial charge in [0.15, 0.2) is 0 Å². The number of phenols is 1. The van der Waals surface area contributed by atoms with Crippen LogP contribution in [0.4, 0.5) is 0 Å². The van der Waals surface area contributed by atoms with Crippen molar-refractivity contribution < 1.29 is 19.7 Å². The minimum atomic E-state index is -0.591. The summed E-state index contributed by atoms with van der Waals surface area (Å²) in [4.78, 5) is 15.7. The number of nitrogens with two attached hydrogens (primary N) is 1. The van der Waals surface area contributed by atoms with E-state index in [0.29, 0.717) is 5.75 Å². The van der Waals surface area contributed by atoms with E-state index in [0.717, 1.165) is 12.8 Å². The first-order valence-corrected chi connectivity index (χ1v) is 6.84. The molecule has 22 heavy (non-hydrogen) atoms. The number of hydrogen-bond donors (Lipinski definition) is 4. The Morgan fingerprint density at radius 1 is 1.50 bits per heavy atom. The number of carbonyl (C=O) groups excluding carboxylic acids is 1. The fraction of sp³-hybridized carbons (Fsp3) is 0.333. The predicted octanol–water partition coefficient (Wildman–Crippen LogP) is 0.526. The number of carbonyl (C=O) groups is 1. The Hall–Kier alpha value is -2.54. The number of rotatable bonds is 6. The second-order valence-electron chi connectivity index (χ2n) is 5.12. The fourth-order valence-electron chi connectivity index (χ4n) is 1.84. The van der Waals surface area contributed by atoms with E-state index in [1.165, 1.54) is 24.3 Å². The number of amides is 1. The molecule has 0 unspecified atom stereocenters. The van der Waals surface area contributed by atoms with E-state index >= 15 is 0 Å². The van der Waals surface area contributed by atoms with Gasteiger partial charge in [-0.25, -0.2) is 0 Å². The Labute approximate surface area is 128 Å². The molecule has 0 atom stereocenters. The van der Waals surface area contributed by atoms with E-state index in [4.69, 9.17) is 10.5 Å². The second-order valence-corrected chi connectivity index (χ2v) is 5.12. The van der Waals surface area contributed by atoms with Gasteiger partial charge in [-0.05, 0) is 37.3 Å². The molecule has 2 rings (SSSR count). The summed E-state index contributed by atoms with van der Waals surface area (Å²) in [7, 11) is 1.69. The Bertz CT molecular complexity index is 621. The van der Waals surface area contributed by atoms with Crippen LogP contribution >= 0.6 is 0 Å². The highest BCUT2D eigenvalue weighted by molar-refractivity contribution is 6.06. The van der Waals surface area contributed by atoms with E-state index in [-0.39, 0.29) is 23.8 Å². The Morgan fingerprint density at radius 3 is 2.82 bits per heavy atom. The molecule has 0 heterocycles. The molecule has 7 nitrogen and oxygen atoms in total. The number of nitrogens with zero attached hydrogens (tertiary/aromatic N) is 1. The third kappa shape index (κ3) is 3.98. The van der Waals surface area contributed by atoms with E-state index < -0.39 is 11.5 Å². The van der Waals surface area contributed by atoms with Crippen LogP contribution in [-0.4, -0.2) is 41.2 Å². The molecule has 7 heteroatoms. The maximum absolute atomic E-state index is 12.0. The summed E-state index contributed by atoms with van der Waals surface area (Å²) < 4.78 is 5.64. The normalized spacial score (nSPS) is 16.5. The van der Waals surface area contributed by atoms with Gasteiger partial charge in [0.2, 0.25) is 0 Å². The van der Waals surface area contributed by atoms with Gasteiger partial charge in [-0.3, -0.25) is 4.79 Å². The molecule has 1 aliphatic carbocycles. The molecule has 1 amide bonds. The molecular formula is C15H19N3O4. The molecule has 118 valence electrons. The lowest BCUT2D eigenvalue weighted by atomic mass is 10.2. The molecule has 0 radical (unpaired) electrons. The number of nitrogens with one attached hydrogen (secondary N) is 1. The minimum absolute atomic E-state index is 0.0409. The summed E-state index contributed by atoms with van der Waals surface area (Å²) in [6, 6.07) is 4.14. The largest absolute Gasteiger partial charge is 0.508 e. The van der Waals surface area contributed by atoms with Gasteiger partial charge in [-0.2, -0.15) is 4.99 Å². The van der Waals surface area contributed by atoms with Crippen LogP contribution in [0.2, 0.25) is 0 Å². The van der Waals surface area contributed by atoms with Gasteiger partial charge < -0.3 is 26.0 Å². The number of aromatic hydroxyl groups is 1. The van der Waals surface area contributed by atoms with Crippen molar-refractivity contribution in [1.29, 1.82) is 0 Å². The Balaban J connectivity index is 2.18. The van der Waals surface area contributed by atoms with E-state index in [1.54, 1.807) is 13.2 Å². The molecule has 1 aromatic rings. The smallest absolute Gasteiger partial charge is 0.279 e. The first kappa shape index (κ1) is 15.8. The van der Waals surface area contributed by atoms with Crippen LogP contribution in [0.25, 0.3) is 0 Å². The SMILES string of the molecule is CN/C=C\C(N)=NC(=O)c1cc(O)cc(OC2(CO)CC2)c1. The lowest BCUT2D eigenvalue weighted by Crippen LogP contribution is -2.22. The summed E-state index contributed by atoms with van der Waals surface area (Å²) in [5, 5.41) is 21.7. The molecule has 1 aromatic carbocycles. The van der Waals surface area contributed by atoms with Crippen molar-refractivity contribution >= 4 is 11.7 Å². The quantitative estimate of drug-likeness (QED) is 0.450. The highest BCUT2D eigenvalue weighted by atomic mass is 16.5. The van der Waals surface area contributed by atoms with Crippen LogP contribution in [0.5, 0.6) is 11.5 Å². The lowest BCUT2D eigenvalue weighted by molar-refractivity contribution is 0.0942. The standard InChI is InChI=1S/C15H19N3O4/c1-17-5-2-13(16)18-14(21)10-6-11(20)8-12(7-10)22-15(9-19)3-4-15/h2,5-8,17,19-20H,3-4,9H2,1H3,(H2,16,18,21)/b5-2-. The van der Waals surface area contributed by atoms with Crippen molar-refractivity contribution in [3.05, 3.63) is 36.0 Å². The van der Waals surface area contributed by atoms with Crippen molar-refractivity contribution in [2.24, 2.45) is 10.7 Å². The third-order valence-electron chi connectivity index (χ3n) is 3.22. The number of aliphatic hydroxyl groups is 1. The van der Waals surface area contributed by atoms with Gasteiger partial charge in [0.1, 0.15) is 22.9 Å². The molecule has 1 fully saturated rings. The van der Waals surface area contributed by atoms with Gasteiger partial charge in [0.05, 0.1) is 6.61 Å². The van der Waals surface area contributed by atoms with Crippen LogP contribution in [0.15, 0.2) is 35.5 Å². The highest BCUT2D eigenvalue weighted by Crippen LogP contribution is 2.40. The number of ether oxygens (including phenoxy) is 1. The molecule has 0 aromatic heterocycles. The lowest BCUT2D eigenvalue weighted by Gasteiger charge is -2.15. The maximum Gasteiger partial charge on any atom is 0.279 e. The zero-order valence-electron chi connectivity index (χ0n) is 12.2. The first-order chi connectivity index (χ1) is 10.5. The Morgan fingerprint density at radius 2 is 2.23 bits per heavy atom. The summed E-state index contributed by atoms with van der Waals surface area (Å²) in [5.74, 6) is -0.351. The number of benzene rings is 1.